The minimum atomic E-state index is -0.181. The van der Waals surface area contributed by atoms with Crippen LogP contribution in [0.1, 0.15) is 54.3 Å². The second-order valence-corrected chi connectivity index (χ2v) is 8.54. The molecule has 3 aromatic rings. The van der Waals surface area contributed by atoms with E-state index in [2.05, 4.69) is 29.4 Å². The molecule has 0 radical (unpaired) electrons. The Morgan fingerprint density at radius 3 is 2.75 bits per heavy atom. The van der Waals surface area contributed by atoms with Crippen LogP contribution in [0, 0.1) is 0 Å². The van der Waals surface area contributed by atoms with Gasteiger partial charge in [-0.15, -0.1) is 11.3 Å². The molecule has 0 aliphatic heterocycles. The zero-order valence-corrected chi connectivity index (χ0v) is 17.1. The maximum atomic E-state index is 13.0. The van der Waals surface area contributed by atoms with Crippen molar-refractivity contribution in [1.82, 2.24) is 14.9 Å². The standard InChI is InChI=1S/C22H25N3O2S/c1-3-15-8-10-16(11-9-15)14(2)24-19(26)12-25-13-23-21-20(22(25)27)17-6-4-5-7-18(17)28-21/h8-11,13-14H,3-7,12H2,1-2H3,(H,24,26)/t14-/m0/s1. The highest BCUT2D eigenvalue weighted by molar-refractivity contribution is 7.18. The molecule has 0 saturated heterocycles. The Bertz CT molecular complexity index is 1070. The zero-order valence-electron chi connectivity index (χ0n) is 16.3. The van der Waals surface area contributed by atoms with Crippen LogP contribution in [0.25, 0.3) is 10.2 Å². The number of rotatable bonds is 5. The van der Waals surface area contributed by atoms with Crippen LogP contribution in [0.4, 0.5) is 0 Å². The molecule has 6 heteroatoms. The summed E-state index contributed by atoms with van der Waals surface area (Å²) in [5, 5.41) is 3.71. The molecule has 1 aliphatic carbocycles. The van der Waals surface area contributed by atoms with Crippen LogP contribution in [0.3, 0.4) is 0 Å². The summed E-state index contributed by atoms with van der Waals surface area (Å²) in [6.45, 7) is 4.07. The molecule has 1 atom stereocenters. The van der Waals surface area contributed by atoms with E-state index in [1.807, 2.05) is 19.1 Å². The van der Waals surface area contributed by atoms with Gasteiger partial charge in [0, 0.05) is 4.88 Å². The van der Waals surface area contributed by atoms with E-state index in [0.29, 0.717) is 0 Å². The number of nitrogens with one attached hydrogen (secondary N) is 1. The van der Waals surface area contributed by atoms with E-state index in [0.717, 1.165) is 47.0 Å². The summed E-state index contributed by atoms with van der Waals surface area (Å²) >= 11 is 1.63. The summed E-state index contributed by atoms with van der Waals surface area (Å²) in [6.07, 6.45) is 6.76. The minimum absolute atomic E-state index is 0.0101. The summed E-state index contributed by atoms with van der Waals surface area (Å²) in [5.74, 6) is -0.181. The van der Waals surface area contributed by atoms with Crippen molar-refractivity contribution in [3.63, 3.8) is 0 Å². The van der Waals surface area contributed by atoms with E-state index in [1.54, 1.807) is 11.3 Å². The van der Waals surface area contributed by atoms with E-state index in [1.165, 1.54) is 27.8 Å². The van der Waals surface area contributed by atoms with Crippen molar-refractivity contribution in [3.05, 3.63) is 62.5 Å². The molecule has 0 bridgehead atoms. The van der Waals surface area contributed by atoms with Crippen LogP contribution in [0.2, 0.25) is 0 Å². The van der Waals surface area contributed by atoms with Gasteiger partial charge >= 0.3 is 0 Å². The Hall–Kier alpha value is -2.47. The highest BCUT2D eigenvalue weighted by atomic mass is 32.1. The Morgan fingerprint density at radius 1 is 1.25 bits per heavy atom. The largest absolute Gasteiger partial charge is 0.348 e. The molecular formula is C22H25N3O2S. The van der Waals surface area contributed by atoms with Gasteiger partial charge in [-0.25, -0.2) is 4.98 Å². The Labute approximate surface area is 168 Å². The van der Waals surface area contributed by atoms with Gasteiger partial charge in [0.15, 0.2) is 0 Å². The van der Waals surface area contributed by atoms with Crippen molar-refractivity contribution in [2.24, 2.45) is 0 Å². The zero-order chi connectivity index (χ0) is 19.7. The lowest BCUT2D eigenvalue weighted by atomic mass is 9.97. The molecule has 28 heavy (non-hydrogen) atoms. The van der Waals surface area contributed by atoms with Crippen molar-refractivity contribution in [1.29, 1.82) is 0 Å². The van der Waals surface area contributed by atoms with Gasteiger partial charge in [-0.05, 0) is 55.7 Å². The molecule has 4 rings (SSSR count). The molecule has 0 unspecified atom stereocenters. The lowest BCUT2D eigenvalue weighted by Crippen LogP contribution is -2.34. The molecule has 2 aromatic heterocycles. The average molecular weight is 396 g/mol. The summed E-state index contributed by atoms with van der Waals surface area (Å²) in [4.78, 5) is 32.1. The number of aromatic nitrogens is 2. The Morgan fingerprint density at radius 2 is 2.00 bits per heavy atom. The lowest BCUT2D eigenvalue weighted by molar-refractivity contribution is -0.122. The first-order valence-corrected chi connectivity index (χ1v) is 10.8. The molecule has 0 fully saturated rings. The number of benzene rings is 1. The van der Waals surface area contributed by atoms with Gasteiger partial charge in [0.2, 0.25) is 5.91 Å². The van der Waals surface area contributed by atoms with Crippen molar-refractivity contribution in [2.45, 2.75) is 58.5 Å². The van der Waals surface area contributed by atoms with E-state index in [9.17, 15) is 9.59 Å². The van der Waals surface area contributed by atoms with Crippen LogP contribution in [-0.2, 0) is 30.6 Å². The van der Waals surface area contributed by atoms with E-state index < -0.39 is 0 Å². The van der Waals surface area contributed by atoms with Gasteiger partial charge in [-0.2, -0.15) is 0 Å². The van der Waals surface area contributed by atoms with Crippen molar-refractivity contribution < 1.29 is 4.79 Å². The average Bonchev–Trinajstić information content (AvgIpc) is 3.09. The molecule has 1 aliphatic rings. The first kappa shape index (κ1) is 18.9. The third-order valence-electron chi connectivity index (χ3n) is 5.52. The van der Waals surface area contributed by atoms with Gasteiger partial charge in [-0.1, -0.05) is 31.2 Å². The van der Waals surface area contributed by atoms with E-state index in [-0.39, 0.29) is 24.1 Å². The molecule has 146 valence electrons. The fourth-order valence-electron chi connectivity index (χ4n) is 3.86. The highest BCUT2D eigenvalue weighted by Gasteiger charge is 2.20. The molecule has 1 amide bonds. The summed E-state index contributed by atoms with van der Waals surface area (Å²) in [7, 11) is 0. The third kappa shape index (κ3) is 3.61. The minimum Gasteiger partial charge on any atom is -0.348 e. The van der Waals surface area contributed by atoms with Crippen molar-refractivity contribution in [3.8, 4) is 0 Å². The third-order valence-corrected chi connectivity index (χ3v) is 6.72. The fraction of sp³-hybridized carbons (Fsp3) is 0.409. The first-order valence-electron chi connectivity index (χ1n) is 9.94. The van der Waals surface area contributed by atoms with Gasteiger partial charge in [0.25, 0.3) is 5.56 Å². The Kier molecular flexibility index (Phi) is 5.31. The molecule has 5 nitrogen and oxygen atoms in total. The highest BCUT2D eigenvalue weighted by Crippen LogP contribution is 2.33. The first-order chi connectivity index (χ1) is 13.6. The lowest BCUT2D eigenvalue weighted by Gasteiger charge is -2.15. The maximum Gasteiger partial charge on any atom is 0.262 e. The van der Waals surface area contributed by atoms with Gasteiger partial charge in [0.05, 0.1) is 17.8 Å². The number of hydrogen-bond acceptors (Lipinski definition) is 4. The predicted octanol–water partition coefficient (Wildman–Crippen LogP) is 3.78. The number of aryl methyl sites for hydroxylation is 3. The van der Waals surface area contributed by atoms with Gasteiger partial charge < -0.3 is 5.32 Å². The second kappa shape index (κ2) is 7.87. The molecule has 0 spiro atoms. The number of hydrogen-bond donors (Lipinski definition) is 1. The van der Waals surface area contributed by atoms with E-state index >= 15 is 0 Å². The van der Waals surface area contributed by atoms with Gasteiger partial charge in [-0.3, -0.25) is 14.2 Å². The van der Waals surface area contributed by atoms with Crippen LogP contribution in [0.5, 0.6) is 0 Å². The van der Waals surface area contributed by atoms with Crippen LogP contribution in [-0.4, -0.2) is 15.5 Å². The van der Waals surface area contributed by atoms with Crippen molar-refractivity contribution in [2.75, 3.05) is 0 Å². The SMILES string of the molecule is CCc1ccc([C@H](C)NC(=O)Cn2cnc3sc4c(c3c2=O)CCCC4)cc1. The number of amides is 1. The summed E-state index contributed by atoms with van der Waals surface area (Å²) in [5.41, 5.74) is 3.38. The smallest absolute Gasteiger partial charge is 0.262 e. The maximum absolute atomic E-state index is 13.0. The fourth-order valence-corrected chi connectivity index (χ4v) is 5.08. The van der Waals surface area contributed by atoms with Crippen molar-refractivity contribution >= 4 is 27.5 Å². The summed E-state index contributed by atoms with van der Waals surface area (Å²) in [6, 6.07) is 8.14. The quantitative estimate of drug-likeness (QED) is 0.715. The monoisotopic (exact) mass is 395 g/mol. The van der Waals surface area contributed by atoms with E-state index in [4.69, 9.17) is 0 Å². The second-order valence-electron chi connectivity index (χ2n) is 7.45. The number of carbonyl (C=O) groups excluding carboxylic acids is 1. The predicted molar refractivity (Wildman–Crippen MR) is 113 cm³/mol. The normalized spacial score (nSPS) is 14.6. The molecule has 2 heterocycles. The summed E-state index contributed by atoms with van der Waals surface area (Å²) < 4.78 is 1.44. The molecule has 1 N–H and O–H groups in total. The number of nitrogens with zero attached hydrogens (tertiary/aromatic N) is 2. The molecule has 0 saturated carbocycles. The number of carbonyl (C=O) groups is 1. The topological polar surface area (TPSA) is 64.0 Å². The van der Waals surface area contributed by atoms with Crippen LogP contribution >= 0.6 is 11.3 Å². The molecule has 1 aromatic carbocycles. The number of thiophene rings is 1. The number of fused-ring (bicyclic) bond motifs is 3. The van der Waals surface area contributed by atoms with Crippen LogP contribution < -0.4 is 10.9 Å². The van der Waals surface area contributed by atoms with Crippen LogP contribution in [0.15, 0.2) is 35.4 Å². The molecular weight excluding hydrogens is 370 g/mol. The van der Waals surface area contributed by atoms with Gasteiger partial charge in [0.1, 0.15) is 11.4 Å². The Balaban J connectivity index is 1.51.